The second-order valence-electron chi connectivity index (χ2n) is 6.71. The van der Waals surface area contributed by atoms with Gasteiger partial charge in [-0.1, -0.05) is 0 Å². The first-order valence-electron chi connectivity index (χ1n) is 8.74. The highest BCUT2D eigenvalue weighted by Crippen LogP contribution is 2.26. The van der Waals surface area contributed by atoms with Crippen LogP contribution >= 0.6 is 0 Å². The second-order valence-corrected chi connectivity index (χ2v) is 6.71. The van der Waals surface area contributed by atoms with Crippen LogP contribution in [0.4, 0.5) is 5.82 Å². The molecule has 0 bridgehead atoms. The molecule has 2 fully saturated rings. The van der Waals surface area contributed by atoms with Crippen LogP contribution in [-0.2, 0) is 9.47 Å². The second kappa shape index (κ2) is 7.05. The van der Waals surface area contributed by atoms with E-state index in [0.29, 0.717) is 51.8 Å². The Bertz CT molecular complexity index is 766. The van der Waals surface area contributed by atoms with E-state index in [9.17, 15) is 4.79 Å². The van der Waals surface area contributed by atoms with Crippen LogP contribution in [0.25, 0.3) is 0 Å². The average molecular weight is 358 g/mol. The van der Waals surface area contributed by atoms with Gasteiger partial charge in [0.05, 0.1) is 39.1 Å². The van der Waals surface area contributed by atoms with Gasteiger partial charge in [-0.3, -0.25) is 9.78 Å². The molecule has 2 aliphatic rings. The highest BCUT2D eigenvalue weighted by atomic mass is 16.5. The Balaban J connectivity index is 1.53. The molecule has 8 nitrogen and oxygen atoms in total. The molecular formula is C18H22N4O4. The first-order valence-corrected chi connectivity index (χ1v) is 8.74. The summed E-state index contributed by atoms with van der Waals surface area (Å²) < 4.78 is 17.4. The lowest BCUT2D eigenvalue weighted by atomic mass is 10.0. The zero-order chi connectivity index (χ0) is 18.0. The van der Waals surface area contributed by atoms with Gasteiger partial charge in [-0.2, -0.15) is 0 Å². The first kappa shape index (κ1) is 17.0. The van der Waals surface area contributed by atoms with Crippen LogP contribution in [0.5, 0.6) is 0 Å². The van der Waals surface area contributed by atoms with E-state index >= 15 is 0 Å². The van der Waals surface area contributed by atoms with E-state index < -0.39 is 5.60 Å². The largest absolute Gasteiger partial charge is 0.456 e. The van der Waals surface area contributed by atoms with Crippen molar-refractivity contribution < 1.29 is 18.7 Å². The van der Waals surface area contributed by atoms with Crippen molar-refractivity contribution in [2.75, 3.05) is 50.9 Å². The summed E-state index contributed by atoms with van der Waals surface area (Å²) in [6.45, 7) is 5.58. The van der Waals surface area contributed by atoms with E-state index in [1.165, 1.54) is 0 Å². The molecule has 2 aromatic rings. The van der Waals surface area contributed by atoms with Gasteiger partial charge in [-0.25, -0.2) is 4.98 Å². The van der Waals surface area contributed by atoms with Gasteiger partial charge in [-0.15, -0.1) is 0 Å². The first-order chi connectivity index (χ1) is 12.7. The van der Waals surface area contributed by atoms with Crippen LogP contribution in [0.3, 0.4) is 0 Å². The molecule has 8 heteroatoms. The number of aromatic nitrogens is 2. The topological polar surface area (TPSA) is 80.9 Å². The van der Waals surface area contributed by atoms with Gasteiger partial charge in [-0.05, 0) is 19.1 Å². The van der Waals surface area contributed by atoms with E-state index in [2.05, 4.69) is 14.9 Å². The molecule has 0 saturated carbocycles. The quantitative estimate of drug-likeness (QED) is 0.796. The molecule has 1 atom stereocenters. The maximum atomic E-state index is 12.8. The van der Waals surface area contributed by atoms with Gasteiger partial charge < -0.3 is 23.7 Å². The number of carbonyl (C=O) groups is 1. The predicted molar refractivity (Wildman–Crippen MR) is 93.1 cm³/mol. The van der Waals surface area contributed by atoms with Crippen molar-refractivity contribution in [1.82, 2.24) is 14.9 Å². The van der Waals surface area contributed by atoms with Crippen molar-refractivity contribution in [3.05, 3.63) is 42.2 Å². The Morgan fingerprint density at radius 2 is 2.12 bits per heavy atom. The van der Waals surface area contributed by atoms with E-state index in [4.69, 9.17) is 13.9 Å². The number of carbonyl (C=O) groups excluding carboxylic acids is 1. The van der Waals surface area contributed by atoms with Crippen LogP contribution in [0.2, 0.25) is 0 Å². The van der Waals surface area contributed by atoms with Crippen LogP contribution < -0.4 is 4.90 Å². The molecule has 4 rings (SSSR count). The van der Waals surface area contributed by atoms with Crippen molar-refractivity contribution in [2.45, 2.75) is 12.5 Å². The molecule has 1 unspecified atom stereocenters. The highest BCUT2D eigenvalue weighted by molar-refractivity contribution is 5.91. The van der Waals surface area contributed by atoms with Gasteiger partial charge in [0.2, 0.25) is 0 Å². The number of rotatable bonds is 2. The number of furan rings is 1. The number of ether oxygens (including phenoxy) is 2. The number of hydrogen-bond acceptors (Lipinski definition) is 7. The third kappa shape index (κ3) is 3.42. The molecule has 0 aliphatic carbocycles. The lowest BCUT2D eigenvalue weighted by Crippen LogP contribution is -2.60. The number of aryl methyl sites for hydroxylation is 1. The molecule has 138 valence electrons. The minimum Gasteiger partial charge on any atom is -0.456 e. The van der Waals surface area contributed by atoms with E-state index in [-0.39, 0.29) is 5.91 Å². The summed E-state index contributed by atoms with van der Waals surface area (Å²) in [6.07, 6.45) is 5.05. The Hall–Kier alpha value is -2.45. The molecule has 26 heavy (non-hydrogen) atoms. The monoisotopic (exact) mass is 358 g/mol. The summed E-state index contributed by atoms with van der Waals surface area (Å²) in [7, 11) is 0. The van der Waals surface area contributed by atoms with E-state index in [1.54, 1.807) is 35.6 Å². The number of nitrogens with zero attached hydrogens (tertiary/aromatic N) is 4. The molecule has 0 aromatic carbocycles. The SMILES string of the molecule is Cc1ccc(C(=O)N2CCOC3(COCCN(c4cnccn4)C3)C2)o1. The third-order valence-electron chi connectivity index (χ3n) is 4.71. The van der Waals surface area contributed by atoms with E-state index in [0.717, 1.165) is 11.6 Å². The number of hydrogen-bond donors (Lipinski definition) is 0. The Kier molecular flexibility index (Phi) is 4.60. The summed E-state index contributed by atoms with van der Waals surface area (Å²) >= 11 is 0. The minimum atomic E-state index is -0.594. The zero-order valence-corrected chi connectivity index (χ0v) is 14.8. The standard InChI is InChI=1S/C18H22N4O4/c1-14-2-3-15(26-14)17(23)22-7-9-25-18(12-22)11-21(6-8-24-13-18)16-10-19-4-5-20-16/h2-5,10H,6-9,11-13H2,1H3. The lowest BCUT2D eigenvalue weighted by Gasteiger charge is -2.43. The zero-order valence-electron chi connectivity index (χ0n) is 14.8. The molecule has 2 saturated heterocycles. The van der Waals surface area contributed by atoms with Gasteiger partial charge in [0, 0.05) is 25.5 Å². The average Bonchev–Trinajstić information content (AvgIpc) is 3.00. The van der Waals surface area contributed by atoms with Crippen molar-refractivity contribution >= 4 is 11.7 Å². The molecular weight excluding hydrogens is 336 g/mol. The van der Waals surface area contributed by atoms with Crippen LogP contribution in [0.1, 0.15) is 16.3 Å². The van der Waals surface area contributed by atoms with Gasteiger partial charge in [0.1, 0.15) is 17.2 Å². The summed E-state index contributed by atoms with van der Waals surface area (Å²) in [5.74, 6) is 1.75. The Labute approximate surface area is 151 Å². The third-order valence-corrected chi connectivity index (χ3v) is 4.71. The fourth-order valence-corrected chi connectivity index (χ4v) is 3.46. The molecule has 2 aliphatic heterocycles. The maximum Gasteiger partial charge on any atom is 0.289 e. The molecule has 0 N–H and O–H groups in total. The smallest absolute Gasteiger partial charge is 0.289 e. The normalized spacial score (nSPS) is 23.9. The van der Waals surface area contributed by atoms with Crippen molar-refractivity contribution in [3.63, 3.8) is 0 Å². The summed E-state index contributed by atoms with van der Waals surface area (Å²) in [5.41, 5.74) is -0.594. The Morgan fingerprint density at radius 3 is 2.88 bits per heavy atom. The number of amides is 1. The van der Waals surface area contributed by atoms with Gasteiger partial charge in [0.15, 0.2) is 5.76 Å². The summed E-state index contributed by atoms with van der Waals surface area (Å²) in [4.78, 5) is 25.2. The molecule has 0 radical (unpaired) electrons. The highest BCUT2D eigenvalue weighted by Gasteiger charge is 2.42. The van der Waals surface area contributed by atoms with Crippen LogP contribution in [0, 0.1) is 6.92 Å². The van der Waals surface area contributed by atoms with E-state index in [1.807, 2.05) is 6.92 Å². The van der Waals surface area contributed by atoms with Crippen molar-refractivity contribution in [3.8, 4) is 0 Å². The summed E-state index contributed by atoms with van der Waals surface area (Å²) in [6, 6.07) is 3.52. The fraction of sp³-hybridized carbons (Fsp3) is 0.500. The Morgan fingerprint density at radius 1 is 1.19 bits per heavy atom. The van der Waals surface area contributed by atoms with Crippen molar-refractivity contribution in [2.24, 2.45) is 0 Å². The van der Waals surface area contributed by atoms with Crippen molar-refractivity contribution in [1.29, 1.82) is 0 Å². The predicted octanol–water partition coefficient (Wildman–Crippen LogP) is 1.13. The fourth-order valence-electron chi connectivity index (χ4n) is 3.46. The molecule has 1 amide bonds. The molecule has 1 spiro atoms. The molecule has 2 aromatic heterocycles. The van der Waals surface area contributed by atoms with Gasteiger partial charge in [0.25, 0.3) is 5.91 Å². The molecule has 4 heterocycles. The number of anilines is 1. The maximum absolute atomic E-state index is 12.8. The van der Waals surface area contributed by atoms with Crippen LogP contribution in [0.15, 0.2) is 35.1 Å². The number of morpholine rings is 1. The van der Waals surface area contributed by atoms with Gasteiger partial charge >= 0.3 is 0 Å². The minimum absolute atomic E-state index is 0.115. The summed E-state index contributed by atoms with van der Waals surface area (Å²) in [5, 5.41) is 0. The van der Waals surface area contributed by atoms with Crippen LogP contribution in [-0.4, -0.2) is 72.4 Å². The lowest BCUT2D eigenvalue weighted by molar-refractivity contribution is -0.124.